The monoisotopic (exact) mass is 252 g/mol. The predicted octanol–water partition coefficient (Wildman–Crippen LogP) is 4.69. The summed E-state index contributed by atoms with van der Waals surface area (Å²) in [4.78, 5) is 0. The zero-order valence-corrected chi connectivity index (χ0v) is 10.9. The number of allylic oxidation sites excluding steroid dienone is 2. The van der Waals surface area contributed by atoms with Crippen LogP contribution in [0.1, 0.15) is 33.3 Å². The van der Waals surface area contributed by atoms with E-state index in [4.69, 9.17) is 0 Å². The van der Waals surface area contributed by atoms with Crippen molar-refractivity contribution in [3.63, 3.8) is 0 Å². The van der Waals surface area contributed by atoms with Crippen molar-refractivity contribution in [2.45, 2.75) is 33.1 Å². The van der Waals surface area contributed by atoms with Gasteiger partial charge in [-0.15, -0.1) is 0 Å². The van der Waals surface area contributed by atoms with Crippen molar-refractivity contribution in [1.82, 2.24) is 0 Å². The third kappa shape index (κ3) is 2.71. The maximum Gasteiger partial charge on any atom is 0.0215 e. The van der Waals surface area contributed by atoms with Crippen LogP contribution < -0.4 is 0 Å². The van der Waals surface area contributed by atoms with E-state index in [-0.39, 0.29) is 5.41 Å². The van der Waals surface area contributed by atoms with Crippen molar-refractivity contribution in [3.8, 4) is 0 Å². The molecule has 0 nitrogen and oxygen atoms in total. The summed E-state index contributed by atoms with van der Waals surface area (Å²) < 4.78 is 1.18. The first kappa shape index (κ1) is 11.5. The maximum absolute atomic E-state index is 3.59. The zero-order chi connectivity index (χ0) is 10.8. The van der Waals surface area contributed by atoms with Gasteiger partial charge in [-0.3, -0.25) is 0 Å². The summed E-state index contributed by atoms with van der Waals surface area (Å²) in [5.41, 5.74) is 2.78. The molecule has 0 atom stereocenters. The van der Waals surface area contributed by atoms with Crippen molar-refractivity contribution in [1.29, 1.82) is 0 Å². The summed E-state index contributed by atoms with van der Waals surface area (Å²) >= 11 is 3.59. The van der Waals surface area contributed by atoms with Crippen LogP contribution >= 0.6 is 15.9 Å². The first-order chi connectivity index (χ1) is 6.43. The van der Waals surface area contributed by atoms with E-state index in [0.717, 1.165) is 0 Å². The van der Waals surface area contributed by atoms with Crippen LogP contribution in [0, 0.1) is 0 Å². The molecule has 1 aromatic rings. The Bertz CT molecular complexity index is 344. The second-order valence-electron chi connectivity index (χ2n) is 4.42. The van der Waals surface area contributed by atoms with Crippen LogP contribution in [0.15, 0.2) is 40.4 Å². The summed E-state index contributed by atoms with van der Waals surface area (Å²) in [7, 11) is 0. The fraction of sp³-hybridized carbons (Fsp3) is 0.385. The Kier molecular flexibility index (Phi) is 3.54. The molecule has 0 heterocycles. The van der Waals surface area contributed by atoms with E-state index in [0.29, 0.717) is 0 Å². The quantitative estimate of drug-likeness (QED) is 0.670. The molecule has 0 aliphatic rings. The van der Waals surface area contributed by atoms with E-state index in [9.17, 15) is 0 Å². The topological polar surface area (TPSA) is 0 Å². The normalized spacial score (nSPS) is 11.2. The van der Waals surface area contributed by atoms with Crippen LogP contribution in [0.5, 0.6) is 0 Å². The van der Waals surface area contributed by atoms with E-state index in [2.05, 4.69) is 67.9 Å². The molecule has 0 aromatic heterocycles. The second-order valence-corrected chi connectivity index (χ2v) is 5.28. The largest absolute Gasteiger partial charge is 0.0796 e. The molecule has 0 spiro atoms. The summed E-state index contributed by atoms with van der Waals surface area (Å²) in [6.07, 6.45) is 2.30. The number of hydrogen-bond donors (Lipinski definition) is 0. The highest BCUT2D eigenvalue weighted by Crippen LogP contribution is 2.31. The highest BCUT2D eigenvalue weighted by atomic mass is 79.9. The molecular formula is C13H17Br. The first-order valence-corrected chi connectivity index (χ1v) is 5.64. The van der Waals surface area contributed by atoms with Crippen LogP contribution in [-0.2, 0) is 5.41 Å². The van der Waals surface area contributed by atoms with Gasteiger partial charge in [-0.25, -0.2) is 0 Å². The Morgan fingerprint density at radius 1 is 1.21 bits per heavy atom. The number of halogens is 1. The molecule has 0 N–H and O–H groups in total. The van der Waals surface area contributed by atoms with Crippen LogP contribution in [0.2, 0.25) is 0 Å². The summed E-state index contributed by atoms with van der Waals surface area (Å²) in [6, 6.07) is 8.40. The molecule has 1 rings (SSSR count). The molecule has 14 heavy (non-hydrogen) atoms. The summed E-state index contributed by atoms with van der Waals surface area (Å²) in [6.45, 7) is 8.75. The van der Waals surface area contributed by atoms with Gasteiger partial charge in [0.2, 0.25) is 0 Å². The maximum atomic E-state index is 3.59. The van der Waals surface area contributed by atoms with Crippen molar-refractivity contribution >= 4 is 15.9 Å². The Balaban J connectivity index is 3.16. The Hall–Kier alpha value is -0.560. The van der Waals surface area contributed by atoms with Gasteiger partial charge in [-0.05, 0) is 25.5 Å². The number of hydrogen-bond acceptors (Lipinski definition) is 0. The molecule has 0 fully saturated rings. The van der Waals surface area contributed by atoms with Gasteiger partial charge in [0.05, 0.1) is 0 Å². The van der Waals surface area contributed by atoms with E-state index >= 15 is 0 Å². The standard InChI is InChI=1S/C13H17Br/c1-10(2)9-13(3,4)11-7-5-6-8-12(11)14/h5-9H,1-4H3. The van der Waals surface area contributed by atoms with Crippen LogP contribution in [-0.4, -0.2) is 0 Å². The van der Waals surface area contributed by atoms with Crippen molar-refractivity contribution < 1.29 is 0 Å². The van der Waals surface area contributed by atoms with Gasteiger partial charge in [0.25, 0.3) is 0 Å². The SMILES string of the molecule is CC(C)=CC(C)(C)c1ccccc1Br. The minimum Gasteiger partial charge on any atom is -0.0796 e. The zero-order valence-electron chi connectivity index (χ0n) is 9.26. The molecule has 0 unspecified atom stereocenters. The molecule has 1 aromatic carbocycles. The lowest BCUT2D eigenvalue weighted by Gasteiger charge is -2.23. The van der Waals surface area contributed by atoms with Crippen molar-refractivity contribution in [3.05, 3.63) is 46.0 Å². The average Bonchev–Trinajstić information content (AvgIpc) is 2.02. The molecule has 0 aliphatic carbocycles. The Morgan fingerprint density at radius 2 is 1.79 bits per heavy atom. The van der Waals surface area contributed by atoms with Crippen LogP contribution in [0.4, 0.5) is 0 Å². The average molecular weight is 253 g/mol. The summed E-state index contributed by atoms with van der Waals surface area (Å²) in [5.74, 6) is 0. The van der Waals surface area contributed by atoms with Gasteiger partial charge in [0.1, 0.15) is 0 Å². The highest BCUT2D eigenvalue weighted by molar-refractivity contribution is 9.10. The summed E-state index contributed by atoms with van der Waals surface area (Å²) in [5, 5.41) is 0. The molecule has 0 saturated heterocycles. The highest BCUT2D eigenvalue weighted by Gasteiger charge is 2.19. The molecule has 0 saturated carbocycles. The molecule has 0 radical (unpaired) electrons. The minimum absolute atomic E-state index is 0.0962. The van der Waals surface area contributed by atoms with Crippen LogP contribution in [0.25, 0.3) is 0 Å². The lowest BCUT2D eigenvalue weighted by Crippen LogP contribution is -2.14. The molecule has 1 heteroatoms. The van der Waals surface area contributed by atoms with E-state index < -0.39 is 0 Å². The molecule has 0 bridgehead atoms. The fourth-order valence-corrected chi connectivity index (χ4v) is 2.58. The van der Waals surface area contributed by atoms with Crippen molar-refractivity contribution in [2.75, 3.05) is 0 Å². The Labute approximate surface area is 95.2 Å². The first-order valence-electron chi connectivity index (χ1n) is 4.84. The molecule has 0 amide bonds. The van der Waals surface area contributed by atoms with Gasteiger partial charge in [0, 0.05) is 9.89 Å². The van der Waals surface area contributed by atoms with E-state index in [1.54, 1.807) is 0 Å². The lowest BCUT2D eigenvalue weighted by molar-refractivity contribution is 0.660. The van der Waals surface area contributed by atoms with E-state index in [1.807, 2.05) is 6.07 Å². The molecule has 0 aliphatic heterocycles. The Morgan fingerprint density at radius 3 is 2.29 bits per heavy atom. The third-order valence-corrected chi connectivity index (χ3v) is 2.91. The number of benzene rings is 1. The van der Waals surface area contributed by atoms with E-state index in [1.165, 1.54) is 15.6 Å². The van der Waals surface area contributed by atoms with Gasteiger partial charge >= 0.3 is 0 Å². The lowest BCUT2D eigenvalue weighted by atomic mass is 9.83. The van der Waals surface area contributed by atoms with Crippen LogP contribution in [0.3, 0.4) is 0 Å². The smallest absolute Gasteiger partial charge is 0.0215 e. The minimum atomic E-state index is 0.0962. The van der Waals surface area contributed by atoms with Gasteiger partial charge in [0.15, 0.2) is 0 Å². The molecule has 76 valence electrons. The second kappa shape index (κ2) is 4.31. The molecular weight excluding hydrogens is 236 g/mol. The van der Waals surface area contributed by atoms with Gasteiger partial charge in [-0.1, -0.05) is 59.6 Å². The predicted molar refractivity (Wildman–Crippen MR) is 66.6 cm³/mol. The number of rotatable bonds is 2. The van der Waals surface area contributed by atoms with Crippen molar-refractivity contribution in [2.24, 2.45) is 0 Å². The fourth-order valence-electron chi connectivity index (χ4n) is 1.78. The van der Waals surface area contributed by atoms with Gasteiger partial charge in [-0.2, -0.15) is 0 Å². The van der Waals surface area contributed by atoms with Gasteiger partial charge < -0.3 is 0 Å². The third-order valence-electron chi connectivity index (χ3n) is 2.22.